The van der Waals surface area contributed by atoms with Gasteiger partial charge in [-0.25, -0.2) is 0 Å². The van der Waals surface area contributed by atoms with E-state index in [4.69, 9.17) is 17.0 Å². The van der Waals surface area contributed by atoms with Gasteiger partial charge in [-0.3, -0.25) is 25.8 Å². The maximum Gasteiger partial charge on any atom is 0.261 e. The number of hydrogen-bond donors (Lipinski definition) is 3. The molecule has 0 unspecified atom stereocenters. The zero-order valence-corrected chi connectivity index (χ0v) is 15.7. The number of unbranched alkanes of at least 4 members (excludes halogenated alkanes) is 3. The molecule has 0 saturated carbocycles. The average Bonchev–Trinajstić information content (AvgIpc) is 2.60. The third kappa shape index (κ3) is 8.49. The maximum absolute atomic E-state index is 12.4. The van der Waals surface area contributed by atoms with Gasteiger partial charge in [-0.1, -0.05) is 45.2 Å². The highest BCUT2D eigenvalue weighted by atomic mass is 32.1. The molecule has 2 amide bonds. The molecule has 7 heteroatoms. The number of carbonyl (C=O) groups is 2. The van der Waals surface area contributed by atoms with Gasteiger partial charge >= 0.3 is 0 Å². The standard InChI is InChI=1S/C18H27N3O3S/c1-3-5-6-9-13-24-15-12-8-7-11-14(15)17(23)19-18(25)21-20-16(22)10-4-2/h7-8,11-12H,3-6,9-10,13H2,1-2H3,(H,20,22)(H2,19,21,23,25). The summed E-state index contributed by atoms with van der Waals surface area (Å²) < 4.78 is 5.72. The first-order valence-electron chi connectivity index (χ1n) is 8.70. The Kier molecular flexibility index (Phi) is 10.2. The van der Waals surface area contributed by atoms with Gasteiger partial charge in [0.1, 0.15) is 5.75 Å². The zero-order valence-electron chi connectivity index (χ0n) is 14.9. The summed E-state index contributed by atoms with van der Waals surface area (Å²) in [5.41, 5.74) is 5.35. The molecule has 0 spiro atoms. The number of hydrogen-bond acceptors (Lipinski definition) is 4. The van der Waals surface area contributed by atoms with Crippen molar-refractivity contribution in [2.45, 2.75) is 52.4 Å². The van der Waals surface area contributed by atoms with Crippen molar-refractivity contribution in [1.29, 1.82) is 0 Å². The van der Waals surface area contributed by atoms with E-state index in [1.165, 1.54) is 6.42 Å². The summed E-state index contributed by atoms with van der Waals surface area (Å²) >= 11 is 5.01. The SMILES string of the molecule is CCCCCCOc1ccccc1C(=O)NC(=S)NNC(=O)CCC. The van der Waals surface area contributed by atoms with E-state index in [1.807, 2.05) is 13.0 Å². The van der Waals surface area contributed by atoms with Crippen LogP contribution in [0.5, 0.6) is 5.75 Å². The minimum atomic E-state index is -0.383. The summed E-state index contributed by atoms with van der Waals surface area (Å²) in [6.07, 6.45) is 5.52. The smallest absolute Gasteiger partial charge is 0.261 e. The number of para-hydroxylation sites is 1. The lowest BCUT2D eigenvalue weighted by molar-refractivity contribution is -0.121. The van der Waals surface area contributed by atoms with Crippen LogP contribution < -0.4 is 20.9 Å². The van der Waals surface area contributed by atoms with E-state index in [9.17, 15) is 9.59 Å². The highest BCUT2D eigenvalue weighted by Crippen LogP contribution is 2.18. The molecule has 0 aliphatic carbocycles. The number of carbonyl (C=O) groups excluding carboxylic acids is 2. The van der Waals surface area contributed by atoms with Crippen LogP contribution in [0.3, 0.4) is 0 Å². The van der Waals surface area contributed by atoms with E-state index < -0.39 is 0 Å². The second kappa shape index (κ2) is 12.2. The average molecular weight is 365 g/mol. The van der Waals surface area contributed by atoms with Gasteiger partial charge in [0.15, 0.2) is 5.11 Å². The van der Waals surface area contributed by atoms with Crippen LogP contribution in [0.4, 0.5) is 0 Å². The Morgan fingerprint density at radius 3 is 2.52 bits per heavy atom. The number of ether oxygens (including phenoxy) is 1. The second-order valence-corrected chi connectivity index (χ2v) is 6.02. The van der Waals surface area contributed by atoms with E-state index >= 15 is 0 Å². The molecular weight excluding hydrogens is 338 g/mol. The molecule has 1 rings (SSSR count). The van der Waals surface area contributed by atoms with Gasteiger partial charge in [-0.15, -0.1) is 0 Å². The van der Waals surface area contributed by atoms with Gasteiger partial charge in [-0.05, 0) is 37.2 Å². The van der Waals surface area contributed by atoms with Gasteiger partial charge in [0, 0.05) is 6.42 Å². The fraction of sp³-hybridized carbons (Fsp3) is 0.500. The number of amides is 2. The molecule has 0 aliphatic rings. The summed E-state index contributed by atoms with van der Waals surface area (Å²) in [7, 11) is 0. The van der Waals surface area contributed by atoms with Gasteiger partial charge in [0.05, 0.1) is 12.2 Å². The molecule has 1 aromatic rings. The Labute approximate surface area is 154 Å². The predicted molar refractivity (Wildman–Crippen MR) is 102 cm³/mol. The second-order valence-electron chi connectivity index (χ2n) is 5.61. The molecule has 0 aliphatic heterocycles. The first-order valence-corrected chi connectivity index (χ1v) is 9.11. The molecular formula is C18H27N3O3S. The van der Waals surface area contributed by atoms with Crippen molar-refractivity contribution in [3.63, 3.8) is 0 Å². The number of thiocarbonyl (C=S) groups is 1. The minimum absolute atomic E-state index is 0.0344. The fourth-order valence-electron chi connectivity index (χ4n) is 2.11. The molecule has 0 aromatic heterocycles. The molecule has 0 bridgehead atoms. The molecule has 0 radical (unpaired) electrons. The Morgan fingerprint density at radius 2 is 1.80 bits per heavy atom. The first-order chi connectivity index (χ1) is 12.1. The number of nitrogens with one attached hydrogen (secondary N) is 3. The van der Waals surface area contributed by atoms with Crippen molar-refractivity contribution in [1.82, 2.24) is 16.2 Å². The normalized spacial score (nSPS) is 10.0. The van der Waals surface area contributed by atoms with E-state index in [0.717, 1.165) is 25.7 Å². The molecule has 0 atom stereocenters. The van der Waals surface area contributed by atoms with E-state index in [-0.39, 0.29) is 16.9 Å². The zero-order chi connectivity index (χ0) is 18.5. The van der Waals surface area contributed by atoms with E-state index in [0.29, 0.717) is 24.3 Å². The molecule has 3 N–H and O–H groups in total. The molecule has 0 heterocycles. The number of benzene rings is 1. The summed E-state index contributed by atoms with van der Waals surface area (Å²) in [6, 6.07) is 7.02. The van der Waals surface area contributed by atoms with Crippen molar-refractivity contribution in [2.24, 2.45) is 0 Å². The lowest BCUT2D eigenvalue weighted by atomic mass is 10.2. The maximum atomic E-state index is 12.4. The summed E-state index contributed by atoms with van der Waals surface area (Å²) in [6.45, 7) is 4.63. The van der Waals surface area contributed by atoms with Crippen LogP contribution in [0, 0.1) is 0 Å². The molecule has 0 fully saturated rings. The molecule has 6 nitrogen and oxygen atoms in total. The minimum Gasteiger partial charge on any atom is -0.493 e. The molecule has 0 saturated heterocycles. The lowest BCUT2D eigenvalue weighted by Gasteiger charge is -2.13. The van der Waals surface area contributed by atoms with E-state index in [2.05, 4.69) is 23.1 Å². The molecule has 25 heavy (non-hydrogen) atoms. The quantitative estimate of drug-likeness (QED) is 0.356. The third-order valence-electron chi connectivity index (χ3n) is 3.41. The third-order valence-corrected chi connectivity index (χ3v) is 3.61. The summed E-state index contributed by atoms with van der Waals surface area (Å²) in [5, 5.41) is 2.57. The van der Waals surface area contributed by atoms with Crippen LogP contribution in [-0.2, 0) is 4.79 Å². The van der Waals surface area contributed by atoms with Crippen LogP contribution in [0.2, 0.25) is 0 Å². The van der Waals surface area contributed by atoms with Gasteiger partial charge < -0.3 is 4.74 Å². The fourth-order valence-corrected chi connectivity index (χ4v) is 2.25. The Bertz CT molecular complexity index is 578. The topological polar surface area (TPSA) is 79.5 Å². The van der Waals surface area contributed by atoms with Gasteiger partial charge in [-0.2, -0.15) is 0 Å². The van der Waals surface area contributed by atoms with Crippen molar-refractivity contribution in [3.8, 4) is 5.75 Å². The van der Waals surface area contributed by atoms with Crippen molar-refractivity contribution in [2.75, 3.05) is 6.61 Å². The first kappa shape index (κ1) is 20.9. The number of hydrazine groups is 1. The summed E-state index contributed by atoms with van der Waals surface area (Å²) in [5.74, 6) is -0.0457. The predicted octanol–water partition coefficient (Wildman–Crippen LogP) is 3.08. The Morgan fingerprint density at radius 1 is 1.04 bits per heavy atom. The highest BCUT2D eigenvalue weighted by molar-refractivity contribution is 7.80. The summed E-state index contributed by atoms with van der Waals surface area (Å²) in [4.78, 5) is 23.7. The van der Waals surface area contributed by atoms with Crippen LogP contribution in [0.1, 0.15) is 62.7 Å². The van der Waals surface area contributed by atoms with E-state index in [1.54, 1.807) is 18.2 Å². The van der Waals surface area contributed by atoms with Crippen LogP contribution in [0.25, 0.3) is 0 Å². The van der Waals surface area contributed by atoms with Gasteiger partial charge in [0.2, 0.25) is 5.91 Å². The number of rotatable bonds is 9. The van der Waals surface area contributed by atoms with Crippen LogP contribution in [0.15, 0.2) is 24.3 Å². The Hall–Kier alpha value is -2.15. The van der Waals surface area contributed by atoms with Crippen molar-refractivity contribution >= 4 is 29.1 Å². The van der Waals surface area contributed by atoms with Crippen LogP contribution >= 0.6 is 12.2 Å². The van der Waals surface area contributed by atoms with Gasteiger partial charge in [0.25, 0.3) is 5.91 Å². The monoisotopic (exact) mass is 365 g/mol. The van der Waals surface area contributed by atoms with Crippen molar-refractivity contribution in [3.05, 3.63) is 29.8 Å². The largest absolute Gasteiger partial charge is 0.493 e. The highest BCUT2D eigenvalue weighted by Gasteiger charge is 2.13. The molecule has 138 valence electrons. The lowest BCUT2D eigenvalue weighted by Crippen LogP contribution is -2.48. The molecule has 1 aromatic carbocycles. The Balaban J connectivity index is 2.51. The van der Waals surface area contributed by atoms with Crippen LogP contribution in [-0.4, -0.2) is 23.5 Å². The van der Waals surface area contributed by atoms with Crippen molar-refractivity contribution < 1.29 is 14.3 Å².